The van der Waals surface area contributed by atoms with Crippen LogP contribution in [0.3, 0.4) is 0 Å². The molecule has 7 nitrogen and oxygen atoms in total. The van der Waals surface area contributed by atoms with Gasteiger partial charge in [-0.3, -0.25) is 9.69 Å². The average Bonchev–Trinajstić information content (AvgIpc) is 3.31. The second kappa shape index (κ2) is 10.2. The van der Waals surface area contributed by atoms with E-state index < -0.39 is 9.84 Å². The Bertz CT molecular complexity index is 1170. The Morgan fingerprint density at radius 3 is 2.30 bits per heavy atom. The molecule has 0 unspecified atom stereocenters. The molecule has 0 aliphatic carbocycles. The lowest BCUT2D eigenvalue weighted by Gasteiger charge is -2.34. The Morgan fingerprint density at radius 1 is 0.939 bits per heavy atom. The fourth-order valence-electron chi connectivity index (χ4n) is 3.88. The van der Waals surface area contributed by atoms with Gasteiger partial charge in [0.25, 0.3) is 5.91 Å². The smallest absolute Gasteiger partial charge is 0.289 e. The molecule has 1 aliphatic rings. The maximum Gasteiger partial charge on any atom is 0.289 e. The molecule has 2 heterocycles. The SMILES string of the molecule is COc1ccc(CCN2CCN(C(=O)c3ccc(CS(=O)(=O)c4ccccc4)o3)CC2)cc1. The predicted octanol–water partition coefficient (Wildman–Crippen LogP) is 3.26. The zero-order chi connectivity index (χ0) is 23.3. The summed E-state index contributed by atoms with van der Waals surface area (Å²) in [6.07, 6.45) is 0.940. The Kier molecular flexibility index (Phi) is 7.15. The van der Waals surface area contributed by atoms with Gasteiger partial charge in [0, 0.05) is 32.7 Å². The van der Waals surface area contributed by atoms with Crippen LogP contribution in [-0.2, 0) is 22.0 Å². The molecule has 1 aliphatic heterocycles. The third-order valence-corrected chi connectivity index (χ3v) is 7.50. The Morgan fingerprint density at radius 2 is 1.64 bits per heavy atom. The third kappa shape index (κ3) is 5.83. The van der Waals surface area contributed by atoms with Gasteiger partial charge in [-0.2, -0.15) is 0 Å². The van der Waals surface area contributed by atoms with Crippen molar-refractivity contribution in [3.8, 4) is 5.75 Å². The molecule has 1 aromatic heterocycles. The highest BCUT2D eigenvalue weighted by atomic mass is 32.2. The Labute approximate surface area is 194 Å². The first-order chi connectivity index (χ1) is 15.9. The van der Waals surface area contributed by atoms with Gasteiger partial charge in [0.1, 0.15) is 17.3 Å². The van der Waals surface area contributed by atoms with Crippen LogP contribution < -0.4 is 4.74 Å². The predicted molar refractivity (Wildman–Crippen MR) is 125 cm³/mol. The number of nitrogens with zero attached hydrogens (tertiary/aromatic N) is 2. The first-order valence-corrected chi connectivity index (χ1v) is 12.6. The molecule has 4 rings (SSSR count). The summed E-state index contributed by atoms with van der Waals surface area (Å²) in [5.74, 6) is 0.821. The minimum absolute atomic E-state index is 0.181. The maximum absolute atomic E-state index is 12.8. The van der Waals surface area contributed by atoms with Crippen molar-refractivity contribution in [2.24, 2.45) is 0 Å². The quantitative estimate of drug-likeness (QED) is 0.505. The molecule has 174 valence electrons. The molecular weight excluding hydrogens is 440 g/mol. The molecule has 0 radical (unpaired) electrons. The second-order valence-corrected chi connectivity index (χ2v) is 10.1. The van der Waals surface area contributed by atoms with Crippen LogP contribution in [-0.4, -0.2) is 64.0 Å². The van der Waals surface area contributed by atoms with Crippen LogP contribution in [0.5, 0.6) is 5.75 Å². The van der Waals surface area contributed by atoms with Gasteiger partial charge in [-0.25, -0.2) is 8.42 Å². The Balaban J connectivity index is 1.28. The van der Waals surface area contributed by atoms with Crippen LogP contribution in [0.2, 0.25) is 0 Å². The number of amides is 1. The van der Waals surface area contributed by atoms with E-state index in [4.69, 9.17) is 9.15 Å². The molecule has 1 amide bonds. The topological polar surface area (TPSA) is 80.1 Å². The number of carbonyl (C=O) groups excluding carboxylic acids is 1. The van der Waals surface area contributed by atoms with Crippen LogP contribution in [0.1, 0.15) is 21.9 Å². The molecule has 1 saturated heterocycles. The van der Waals surface area contributed by atoms with Gasteiger partial charge < -0.3 is 14.1 Å². The molecule has 2 aromatic carbocycles. The molecule has 0 spiro atoms. The number of benzene rings is 2. The van der Waals surface area contributed by atoms with E-state index in [1.807, 2.05) is 12.1 Å². The molecule has 0 bridgehead atoms. The molecule has 0 saturated carbocycles. The maximum atomic E-state index is 12.8. The van der Waals surface area contributed by atoms with E-state index in [0.717, 1.165) is 31.8 Å². The lowest BCUT2D eigenvalue weighted by molar-refractivity contribution is 0.0606. The van der Waals surface area contributed by atoms with E-state index >= 15 is 0 Å². The summed E-state index contributed by atoms with van der Waals surface area (Å²) in [6.45, 7) is 3.73. The lowest BCUT2D eigenvalue weighted by atomic mass is 10.1. The standard InChI is InChI=1S/C25H28N2O5S/c1-31-21-9-7-20(8-10-21)13-14-26-15-17-27(18-16-26)25(28)24-12-11-22(32-24)19-33(29,30)23-5-3-2-4-6-23/h2-12H,13-19H2,1H3. The first kappa shape index (κ1) is 23.1. The normalized spacial score (nSPS) is 14.9. The summed E-state index contributed by atoms with van der Waals surface area (Å²) in [6, 6.07) is 19.5. The molecular formula is C25H28N2O5S. The van der Waals surface area contributed by atoms with Gasteiger partial charge in [-0.05, 0) is 48.4 Å². The van der Waals surface area contributed by atoms with Crippen molar-refractivity contribution in [3.05, 3.63) is 83.8 Å². The van der Waals surface area contributed by atoms with E-state index in [-0.39, 0.29) is 28.1 Å². The average molecular weight is 469 g/mol. The number of sulfone groups is 1. The first-order valence-electron chi connectivity index (χ1n) is 11.0. The van der Waals surface area contributed by atoms with Gasteiger partial charge in [0.05, 0.1) is 12.0 Å². The van der Waals surface area contributed by atoms with Crippen molar-refractivity contribution < 1.29 is 22.4 Å². The van der Waals surface area contributed by atoms with Crippen molar-refractivity contribution in [1.29, 1.82) is 0 Å². The van der Waals surface area contributed by atoms with Crippen LogP contribution in [0.15, 0.2) is 76.0 Å². The summed E-state index contributed by atoms with van der Waals surface area (Å²) in [5.41, 5.74) is 1.25. The second-order valence-electron chi connectivity index (χ2n) is 8.07. The van der Waals surface area contributed by atoms with Gasteiger partial charge >= 0.3 is 0 Å². The molecule has 0 N–H and O–H groups in total. The summed E-state index contributed by atoms with van der Waals surface area (Å²) < 4.78 is 35.9. The fraction of sp³-hybridized carbons (Fsp3) is 0.320. The monoisotopic (exact) mass is 468 g/mol. The highest BCUT2D eigenvalue weighted by Gasteiger charge is 2.25. The minimum atomic E-state index is -3.52. The van der Waals surface area contributed by atoms with Crippen LogP contribution in [0.4, 0.5) is 0 Å². The van der Waals surface area contributed by atoms with E-state index in [0.29, 0.717) is 13.1 Å². The molecule has 8 heteroatoms. The van der Waals surface area contributed by atoms with Crippen molar-refractivity contribution in [1.82, 2.24) is 9.80 Å². The number of carbonyl (C=O) groups is 1. The number of furan rings is 1. The highest BCUT2D eigenvalue weighted by Crippen LogP contribution is 2.19. The largest absolute Gasteiger partial charge is 0.497 e. The third-order valence-electron chi connectivity index (χ3n) is 5.84. The van der Waals surface area contributed by atoms with Crippen molar-refractivity contribution in [3.63, 3.8) is 0 Å². The van der Waals surface area contributed by atoms with Crippen molar-refractivity contribution >= 4 is 15.7 Å². The zero-order valence-corrected chi connectivity index (χ0v) is 19.5. The van der Waals surface area contributed by atoms with Crippen LogP contribution >= 0.6 is 0 Å². The highest BCUT2D eigenvalue weighted by molar-refractivity contribution is 7.90. The van der Waals surface area contributed by atoms with Crippen LogP contribution in [0, 0.1) is 0 Å². The molecule has 3 aromatic rings. The number of ether oxygens (including phenoxy) is 1. The van der Waals surface area contributed by atoms with Gasteiger partial charge in [-0.1, -0.05) is 30.3 Å². The van der Waals surface area contributed by atoms with E-state index in [9.17, 15) is 13.2 Å². The van der Waals surface area contributed by atoms with E-state index in [1.54, 1.807) is 54.5 Å². The minimum Gasteiger partial charge on any atom is -0.497 e. The van der Waals surface area contributed by atoms with Gasteiger partial charge in [0.2, 0.25) is 0 Å². The molecule has 1 fully saturated rings. The number of hydrogen-bond donors (Lipinski definition) is 0. The van der Waals surface area contributed by atoms with Gasteiger partial charge in [-0.15, -0.1) is 0 Å². The van der Waals surface area contributed by atoms with Gasteiger partial charge in [0.15, 0.2) is 15.6 Å². The van der Waals surface area contributed by atoms with Crippen molar-refractivity contribution in [2.45, 2.75) is 17.1 Å². The summed E-state index contributed by atoms with van der Waals surface area (Å²) in [4.78, 5) is 17.2. The van der Waals surface area contributed by atoms with E-state index in [2.05, 4.69) is 17.0 Å². The van der Waals surface area contributed by atoms with E-state index in [1.165, 1.54) is 5.56 Å². The summed E-state index contributed by atoms with van der Waals surface area (Å²) >= 11 is 0. The summed E-state index contributed by atoms with van der Waals surface area (Å²) in [5, 5.41) is 0. The number of piperazine rings is 1. The number of hydrogen-bond acceptors (Lipinski definition) is 6. The molecule has 0 atom stereocenters. The zero-order valence-electron chi connectivity index (χ0n) is 18.6. The lowest BCUT2D eigenvalue weighted by Crippen LogP contribution is -2.49. The Hall–Kier alpha value is -3.10. The summed E-state index contributed by atoms with van der Waals surface area (Å²) in [7, 11) is -1.86. The number of methoxy groups -OCH3 is 1. The fourth-order valence-corrected chi connectivity index (χ4v) is 5.15. The molecule has 33 heavy (non-hydrogen) atoms. The van der Waals surface area contributed by atoms with Crippen molar-refractivity contribution in [2.75, 3.05) is 39.8 Å². The van der Waals surface area contributed by atoms with Crippen LogP contribution in [0.25, 0.3) is 0 Å². The number of rotatable bonds is 8.